The van der Waals surface area contributed by atoms with Gasteiger partial charge in [0.15, 0.2) is 0 Å². The van der Waals surface area contributed by atoms with Crippen LogP contribution in [0.2, 0.25) is 0 Å². The highest BCUT2D eigenvalue weighted by molar-refractivity contribution is 5.78. The quantitative estimate of drug-likeness (QED) is 0.576. The molecular formula is C12H21N3O2. The number of carbonyl (C=O) groups is 1. The van der Waals surface area contributed by atoms with Crippen molar-refractivity contribution in [2.75, 3.05) is 26.2 Å². The van der Waals surface area contributed by atoms with Crippen LogP contribution in [0.4, 0.5) is 0 Å². The first-order chi connectivity index (χ1) is 8.22. The van der Waals surface area contributed by atoms with E-state index in [2.05, 4.69) is 10.6 Å². The molecule has 5 nitrogen and oxygen atoms in total. The zero-order valence-electron chi connectivity index (χ0n) is 10.2. The number of nitriles is 1. The first-order valence-electron chi connectivity index (χ1n) is 6.18. The van der Waals surface area contributed by atoms with Crippen LogP contribution >= 0.6 is 0 Å². The molecule has 1 aliphatic rings. The topological polar surface area (TPSA) is 85.2 Å². The van der Waals surface area contributed by atoms with Crippen LogP contribution in [0, 0.1) is 16.7 Å². The molecule has 17 heavy (non-hydrogen) atoms. The first-order valence-corrected chi connectivity index (χ1v) is 6.18. The molecule has 0 spiro atoms. The molecule has 1 amide bonds. The van der Waals surface area contributed by atoms with Gasteiger partial charge in [-0.2, -0.15) is 5.26 Å². The van der Waals surface area contributed by atoms with Crippen molar-refractivity contribution in [3.05, 3.63) is 0 Å². The molecule has 3 N–H and O–H groups in total. The number of carbonyl (C=O) groups excluding carboxylic acids is 1. The number of aliphatic hydroxyl groups excluding tert-OH is 1. The summed E-state index contributed by atoms with van der Waals surface area (Å²) in [6.07, 6.45) is 5.60. The highest BCUT2D eigenvalue weighted by atomic mass is 16.3. The molecular weight excluding hydrogens is 218 g/mol. The molecule has 0 aliphatic heterocycles. The molecule has 0 heterocycles. The van der Waals surface area contributed by atoms with Gasteiger partial charge in [-0.15, -0.1) is 0 Å². The molecule has 5 heteroatoms. The third-order valence-corrected chi connectivity index (χ3v) is 3.40. The summed E-state index contributed by atoms with van der Waals surface area (Å²) in [5.74, 6) is -0.171. The van der Waals surface area contributed by atoms with E-state index in [0.29, 0.717) is 6.54 Å². The lowest BCUT2D eigenvalue weighted by Crippen LogP contribution is -2.43. The van der Waals surface area contributed by atoms with Gasteiger partial charge < -0.3 is 15.7 Å². The van der Waals surface area contributed by atoms with Crippen molar-refractivity contribution in [1.29, 1.82) is 5.26 Å². The van der Waals surface area contributed by atoms with Gasteiger partial charge >= 0.3 is 0 Å². The number of amides is 1. The fourth-order valence-electron chi connectivity index (χ4n) is 2.33. The zero-order valence-corrected chi connectivity index (χ0v) is 10.2. The van der Waals surface area contributed by atoms with Gasteiger partial charge in [0.2, 0.25) is 5.91 Å². The minimum atomic E-state index is -0.171. The summed E-state index contributed by atoms with van der Waals surface area (Å²) in [7, 11) is 0. The number of hydrogen-bond donors (Lipinski definition) is 3. The summed E-state index contributed by atoms with van der Waals surface area (Å²) in [5.41, 5.74) is -0.0479. The second kappa shape index (κ2) is 7.25. The Hall–Kier alpha value is -1.12. The average molecular weight is 239 g/mol. The Bertz CT molecular complexity index is 280. The predicted molar refractivity (Wildman–Crippen MR) is 64.1 cm³/mol. The Morgan fingerprint density at radius 1 is 1.35 bits per heavy atom. The molecule has 1 fully saturated rings. The molecule has 96 valence electrons. The van der Waals surface area contributed by atoms with E-state index >= 15 is 0 Å². The molecule has 0 radical (unpaired) electrons. The molecule has 0 unspecified atom stereocenters. The van der Waals surface area contributed by atoms with Crippen molar-refractivity contribution in [2.45, 2.75) is 32.1 Å². The second-order valence-corrected chi connectivity index (χ2v) is 4.76. The summed E-state index contributed by atoms with van der Waals surface area (Å²) in [6.45, 7) is 1.11. The lowest BCUT2D eigenvalue weighted by Gasteiger charge is -2.35. The van der Waals surface area contributed by atoms with E-state index in [1.807, 2.05) is 6.07 Å². The number of nitrogens with zero attached hydrogens (tertiary/aromatic N) is 1. The van der Waals surface area contributed by atoms with Gasteiger partial charge in [-0.1, -0.05) is 19.3 Å². The summed E-state index contributed by atoms with van der Waals surface area (Å²) in [5, 5.41) is 23.3. The Morgan fingerprint density at radius 3 is 2.65 bits per heavy atom. The van der Waals surface area contributed by atoms with Crippen LogP contribution in [0.1, 0.15) is 32.1 Å². The SMILES string of the molecule is N#CCNC(=O)CNCC1(CO)CCCCC1. The Balaban J connectivity index is 2.24. The van der Waals surface area contributed by atoms with E-state index in [-0.39, 0.29) is 31.0 Å². The fourth-order valence-corrected chi connectivity index (χ4v) is 2.33. The van der Waals surface area contributed by atoms with Crippen LogP contribution in [-0.4, -0.2) is 37.3 Å². The minimum Gasteiger partial charge on any atom is -0.396 e. The van der Waals surface area contributed by atoms with Crippen LogP contribution in [0.3, 0.4) is 0 Å². The zero-order chi connectivity index (χ0) is 12.6. The third kappa shape index (κ3) is 4.72. The maximum atomic E-state index is 11.2. The lowest BCUT2D eigenvalue weighted by atomic mass is 9.74. The van der Waals surface area contributed by atoms with Crippen molar-refractivity contribution in [1.82, 2.24) is 10.6 Å². The highest BCUT2D eigenvalue weighted by Gasteiger charge is 2.30. The predicted octanol–water partition coefficient (Wildman–Crippen LogP) is 0.159. The Labute approximate surface area is 102 Å². The summed E-state index contributed by atoms with van der Waals surface area (Å²) < 4.78 is 0. The van der Waals surface area contributed by atoms with E-state index in [1.165, 1.54) is 6.42 Å². The van der Waals surface area contributed by atoms with E-state index in [9.17, 15) is 9.90 Å². The van der Waals surface area contributed by atoms with E-state index in [4.69, 9.17) is 5.26 Å². The largest absolute Gasteiger partial charge is 0.396 e. The van der Waals surface area contributed by atoms with Gasteiger partial charge in [-0.05, 0) is 12.8 Å². The minimum absolute atomic E-state index is 0.0473. The van der Waals surface area contributed by atoms with Crippen molar-refractivity contribution < 1.29 is 9.90 Å². The summed E-state index contributed by atoms with van der Waals surface area (Å²) >= 11 is 0. The Morgan fingerprint density at radius 2 is 2.06 bits per heavy atom. The van der Waals surface area contributed by atoms with Crippen molar-refractivity contribution >= 4 is 5.91 Å². The molecule has 1 aliphatic carbocycles. The van der Waals surface area contributed by atoms with Crippen LogP contribution < -0.4 is 10.6 Å². The van der Waals surface area contributed by atoms with Crippen LogP contribution in [0.5, 0.6) is 0 Å². The number of rotatable bonds is 6. The molecule has 0 saturated heterocycles. The normalized spacial score (nSPS) is 18.4. The molecule has 0 aromatic rings. The standard InChI is InChI=1S/C12H21N3O2/c13-6-7-15-11(17)8-14-9-12(10-16)4-2-1-3-5-12/h14,16H,1-5,7-10H2,(H,15,17). The average Bonchev–Trinajstić information content (AvgIpc) is 2.37. The van der Waals surface area contributed by atoms with Gasteiger partial charge in [0.1, 0.15) is 6.54 Å². The van der Waals surface area contributed by atoms with Crippen LogP contribution in [0.25, 0.3) is 0 Å². The van der Waals surface area contributed by atoms with Gasteiger partial charge in [-0.3, -0.25) is 4.79 Å². The molecule has 0 aromatic heterocycles. The van der Waals surface area contributed by atoms with E-state index < -0.39 is 0 Å². The maximum Gasteiger partial charge on any atom is 0.234 e. The van der Waals surface area contributed by atoms with Crippen LogP contribution in [-0.2, 0) is 4.79 Å². The van der Waals surface area contributed by atoms with Gasteiger partial charge in [0, 0.05) is 18.6 Å². The summed E-state index contributed by atoms with van der Waals surface area (Å²) in [4.78, 5) is 11.2. The van der Waals surface area contributed by atoms with E-state index in [1.54, 1.807) is 0 Å². The van der Waals surface area contributed by atoms with Crippen molar-refractivity contribution in [3.8, 4) is 6.07 Å². The van der Waals surface area contributed by atoms with E-state index in [0.717, 1.165) is 25.7 Å². The number of nitrogens with one attached hydrogen (secondary N) is 2. The third-order valence-electron chi connectivity index (χ3n) is 3.40. The second-order valence-electron chi connectivity index (χ2n) is 4.76. The lowest BCUT2D eigenvalue weighted by molar-refractivity contribution is -0.120. The molecule has 0 bridgehead atoms. The summed E-state index contributed by atoms with van der Waals surface area (Å²) in [6, 6.07) is 1.86. The smallest absolute Gasteiger partial charge is 0.234 e. The monoisotopic (exact) mass is 239 g/mol. The molecule has 0 atom stereocenters. The highest BCUT2D eigenvalue weighted by Crippen LogP contribution is 2.34. The number of hydrogen-bond acceptors (Lipinski definition) is 4. The van der Waals surface area contributed by atoms with Crippen molar-refractivity contribution in [2.24, 2.45) is 5.41 Å². The fraction of sp³-hybridized carbons (Fsp3) is 0.833. The van der Waals surface area contributed by atoms with Gasteiger partial charge in [0.05, 0.1) is 12.6 Å². The Kier molecular flexibility index (Phi) is 5.95. The van der Waals surface area contributed by atoms with Gasteiger partial charge in [-0.25, -0.2) is 0 Å². The van der Waals surface area contributed by atoms with Gasteiger partial charge in [0.25, 0.3) is 0 Å². The van der Waals surface area contributed by atoms with Crippen molar-refractivity contribution in [3.63, 3.8) is 0 Å². The molecule has 1 rings (SSSR count). The number of aliphatic hydroxyl groups is 1. The van der Waals surface area contributed by atoms with Crippen LogP contribution in [0.15, 0.2) is 0 Å². The molecule has 1 saturated carbocycles. The maximum absolute atomic E-state index is 11.2. The first kappa shape index (κ1) is 13.9. The molecule has 0 aromatic carbocycles.